The van der Waals surface area contributed by atoms with Gasteiger partial charge < -0.3 is 14.3 Å². The van der Waals surface area contributed by atoms with E-state index in [9.17, 15) is 24.8 Å². The molecule has 3 aromatic rings. The van der Waals surface area contributed by atoms with Gasteiger partial charge in [0.1, 0.15) is 11.5 Å². The summed E-state index contributed by atoms with van der Waals surface area (Å²) in [5, 5.41) is 22.8. The van der Waals surface area contributed by atoms with E-state index in [0.29, 0.717) is 32.8 Å². The minimum atomic E-state index is -1.43. The molecule has 1 aromatic heterocycles. The van der Waals surface area contributed by atoms with E-state index in [1.54, 1.807) is 30.3 Å². The number of amidine groups is 1. The van der Waals surface area contributed by atoms with Gasteiger partial charge in [-0.05, 0) is 48.2 Å². The number of rotatable bonds is 5. The van der Waals surface area contributed by atoms with Gasteiger partial charge in [-0.25, -0.2) is 4.99 Å². The van der Waals surface area contributed by atoms with Gasteiger partial charge in [0, 0.05) is 29.8 Å². The minimum absolute atomic E-state index is 0.0234. The van der Waals surface area contributed by atoms with Crippen LogP contribution in [0.3, 0.4) is 0 Å². The molecule has 0 saturated carbocycles. The Morgan fingerprint density at radius 2 is 1.97 bits per heavy atom. The lowest BCUT2D eigenvalue weighted by Gasteiger charge is -2.09. The first-order valence-electron chi connectivity index (χ1n) is 9.35. The number of thioether (sulfide) groups is 1. The Kier molecular flexibility index (Phi) is 6.03. The smallest absolute Gasteiger partial charge is 0.280 e. The summed E-state index contributed by atoms with van der Waals surface area (Å²) in [6.45, 7) is 0. The number of hydrogen-bond donors (Lipinski definition) is 0. The number of carboxylic acid groups (broad SMARTS) is 1. The number of halogens is 1. The van der Waals surface area contributed by atoms with Crippen LogP contribution in [0.25, 0.3) is 17.4 Å². The average Bonchev–Trinajstić information content (AvgIpc) is 3.35. The predicted molar refractivity (Wildman–Crippen MR) is 122 cm³/mol. The number of carboxylic acids is 1. The van der Waals surface area contributed by atoms with Gasteiger partial charge in [-0.2, -0.15) is 0 Å². The van der Waals surface area contributed by atoms with Gasteiger partial charge in [0.15, 0.2) is 5.17 Å². The van der Waals surface area contributed by atoms with Gasteiger partial charge in [0.05, 0.1) is 27.0 Å². The number of nitrogens with zero attached hydrogens (tertiary/aromatic N) is 3. The Balaban J connectivity index is 1.62. The van der Waals surface area contributed by atoms with E-state index < -0.39 is 10.9 Å². The van der Waals surface area contributed by atoms with E-state index in [0.717, 1.165) is 11.8 Å². The van der Waals surface area contributed by atoms with E-state index in [1.165, 1.54) is 42.3 Å². The molecular weight excluding hydrogens is 470 g/mol. The maximum atomic E-state index is 12.7. The SMILES string of the molecule is CN1C(=O)/C(=C/c2ccc(-c3ccccc3[N+](=O)[O-])o2)SC1=Nc1ccc(Cl)c(C(=O)[O-])c1. The molecule has 0 spiro atoms. The number of aromatic carboxylic acids is 1. The molecule has 33 heavy (non-hydrogen) atoms. The van der Waals surface area contributed by atoms with E-state index in [1.807, 2.05) is 0 Å². The quantitative estimate of drug-likeness (QED) is 0.304. The number of nitro benzene ring substituents is 1. The van der Waals surface area contributed by atoms with Crippen LogP contribution in [-0.4, -0.2) is 33.9 Å². The zero-order valence-electron chi connectivity index (χ0n) is 16.9. The number of para-hydroxylation sites is 1. The topological polar surface area (TPSA) is 129 Å². The highest BCUT2D eigenvalue weighted by Crippen LogP contribution is 2.36. The van der Waals surface area contributed by atoms with Crippen molar-refractivity contribution in [3.63, 3.8) is 0 Å². The third-order valence-electron chi connectivity index (χ3n) is 4.66. The van der Waals surface area contributed by atoms with E-state index >= 15 is 0 Å². The summed E-state index contributed by atoms with van der Waals surface area (Å²) in [5.74, 6) is -1.14. The van der Waals surface area contributed by atoms with Crippen molar-refractivity contribution in [3.8, 4) is 11.3 Å². The third kappa shape index (κ3) is 4.52. The lowest BCUT2D eigenvalue weighted by Crippen LogP contribution is -2.24. The Morgan fingerprint density at radius 1 is 1.21 bits per heavy atom. The number of carbonyl (C=O) groups is 2. The van der Waals surface area contributed by atoms with Crippen molar-refractivity contribution in [1.29, 1.82) is 0 Å². The minimum Gasteiger partial charge on any atom is -0.545 e. The van der Waals surface area contributed by atoms with Crippen LogP contribution in [0.5, 0.6) is 0 Å². The highest BCUT2D eigenvalue weighted by molar-refractivity contribution is 8.18. The molecule has 166 valence electrons. The van der Waals surface area contributed by atoms with E-state index in [-0.39, 0.29) is 22.2 Å². The lowest BCUT2D eigenvalue weighted by atomic mass is 10.1. The highest BCUT2D eigenvalue weighted by Gasteiger charge is 2.31. The van der Waals surface area contributed by atoms with Crippen LogP contribution in [0.1, 0.15) is 16.1 Å². The summed E-state index contributed by atoms with van der Waals surface area (Å²) < 4.78 is 5.72. The molecule has 0 bridgehead atoms. The highest BCUT2D eigenvalue weighted by atomic mass is 35.5. The summed E-state index contributed by atoms with van der Waals surface area (Å²) in [6.07, 6.45) is 1.51. The van der Waals surface area contributed by atoms with E-state index in [2.05, 4.69) is 4.99 Å². The molecule has 4 rings (SSSR count). The van der Waals surface area contributed by atoms with Crippen LogP contribution >= 0.6 is 23.4 Å². The second-order valence-corrected chi connectivity index (χ2v) is 8.21. The van der Waals surface area contributed by atoms with Crippen LogP contribution in [0.2, 0.25) is 5.02 Å². The van der Waals surface area contributed by atoms with Crippen LogP contribution in [-0.2, 0) is 4.79 Å². The number of amides is 1. The van der Waals surface area contributed by atoms with Crippen molar-refractivity contribution in [1.82, 2.24) is 4.90 Å². The molecule has 0 unspecified atom stereocenters. The Labute approximate surface area is 196 Å². The van der Waals surface area contributed by atoms with Crippen molar-refractivity contribution < 1.29 is 24.0 Å². The van der Waals surface area contributed by atoms with Gasteiger partial charge >= 0.3 is 0 Å². The molecule has 1 fully saturated rings. The summed E-state index contributed by atoms with van der Waals surface area (Å²) in [6, 6.07) is 13.6. The number of benzene rings is 2. The first-order chi connectivity index (χ1) is 15.7. The van der Waals surface area contributed by atoms with E-state index in [4.69, 9.17) is 16.0 Å². The van der Waals surface area contributed by atoms with Gasteiger partial charge in [0.25, 0.3) is 11.6 Å². The first kappa shape index (κ1) is 22.3. The number of carbonyl (C=O) groups excluding carboxylic acids is 2. The van der Waals surface area contributed by atoms with Crippen molar-refractivity contribution in [2.75, 3.05) is 7.05 Å². The fraction of sp³-hybridized carbons (Fsp3) is 0.0455. The van der Waals surface area contributed by atoms with Gasteiger partial charge in [-0.15, -0.1) is 0 Å². The number of likely N-dealkylation sites (N-methyl/N-ethyl adjacent to an activating group) is 1. The standard InChI is InChI=1S/C22H14ClN3O6S/c1-25-20(27)19(33-22(25)24-12-6-8-16(23)15(10-12)21(28)29)11-13-7-9-18(32-13)14-4-2-3-5-17(14)26(30)31/h2-11H,1H3,(H,28,29)/p-1/b19-11-,24-22?. The molecule has 1 saturated heterocycles. The Hall–Kier alpha value is -3.89. The maximum absolute atomic E-state index is 12.7. The zero-order chi connectivity index (χ0) is 23.7. The number of aliphatic imine (C=N–C) groups is 1. The molecule has 0 N–H and O–H groups in total. The molecule has 0 radical (unpaired) electrons. The predicted octanol–water partition coefficient (Wildman–Crippen LogP) is 4.11. The Bertz CT molecular complexity index is 1360. The van der Waals surface area contributed by atoms with Crippen LogP contribution < -0.4 is 5.11 Å². The van der Waals surface area contributed by atoms with Gasteiger partial charge in [0.2, 0.25) is 0 Å². The molecule has 11 heteroatoms. The average molecular weight is 483 g/mol. The first-order valence-corrected chi connectivity index (χ1v) is 10.5. The summed E-state index contributed by atoms with van der Waals surface area (Å²) in [4.78, 5) is 40.6. The van der Waals surface area contributed by atoms with Gasteiger partial charge in [-0.1, -0.05) is 23.7 Å². The molecule has 1 amide bonds. The fourth-order valence-electron chi connectivity index (χ4n) is 3.05. The number of furan rings is 1. The molecule has 1 aliphatic rings. The van der Waals surface area contributed by atoms with Crippen LogP contribution in [0.4, 0.5) is 11.4 Å². The molecule has 2 heterocycles. The van der Waals surface area contributed by atoms with Crippen molar-refractivity contribution in [3.05, 3.63) is 86.0 Å². The molecule has 2 aromatic carbocycles. The number of nitro groups is 1. The normalized spacial score (nSPS) is 16.1. The van der Waals surface area contributed by atoms with Crippen LogP contribution in [0, 0.1) is 10.1 Å². The summed E-state index contributed by atoms with van der Waals surface area (Å²) in [7, 11) is 1.53. The molecule has 0 aliphatic carbocycles. The van der Waals surface area contributed by atoms with Crippen molar-refractivity contribution >= 4 is 57.9 Å². The Morgan fingerprint density at radius 3 is 2.70 bits per heavy atom. The second-order valence-electron chi connectivity index (χ2n) is 6.80. The second kappa shape index (κ2) is 8.93. The van der Waals surface area contributed by atoms with Gasteiger partial charge in [-0.3, -0.25) is 19.8 Å². The number of hydrogen-bond acceptors (Lipinski definition) is 8. The van der Waals surface area contributed by atoms with Crippen LogP contribution in [0.15, 0.2) is 68.9 Å². The summed E-state index contributed by atoms with van der Waals surface area (Å²) >= 11 is 6.92. The van der Waals surface area contributed by atoms with Crippen molar-refractivity contribution in [2.45, 2.75) is 0 Å². The maximum Gasteiger partial charge on any atom is 0.280 e. The molecule has 0 atom stereocenters. The van der Waals surface area contributed by atoms with Crippen molar-refractivity contribution in [2.24, 2.45) is 4.99 Å². The molecular formula is C22H13ClN3O6S-. The monoisotopic (exact) mass is 482 g/mol. The molecule has 9 nitrogen and oxygen atoms in total. The fourth-order valence-corrected chi connectivity index (χ4v) is 4.21. The summed E-state index contributed by atoms with van der Waals surface area (Å²) in [5.41, 5.74) is 0.317. The zero-order valence-corrected chi connectivity index (χ0v) is 18.4. The largest absolute Gasteiger partial charge is 0.545 e. The molecule has 1 aliphatic heterocycles. The third-order valence-corrected chi connectivity index (χ3v) is 6.05. The lowest BCUT2D eigenvalue weighted by molar-refractivity contribution is -0.384.